The Balaban J connectivity index is 1.66. The molecule has 0 unspecified atom stereocenters. The number of hydrogen-bond acceptors (Lipinski definition) is 4. The molecule has 0 spiro atoms. The molecular weight excluding hydrogens is 346 g/mol. The summed E-state index contributed by atoms with van der Waals surface area (Å²) in [5, 5.41) is 8.81. The normalized spacial score (nSPS) is 28.7. The Morgan fingerprint density at radius 2 is 1.89 bits per heavy atom. The Bertz CT molecular complexity index is 578. The second kappa shape index (κ2) is 8.46. The average Bonchev–Trinajstić information content (AvgIpc) is 3.36. The molecular formula is C19H33N5O3. The molecule has 4 amide bonds. The number of urea groups is 1. The average molecular weight is 380 g/mol. The molecule has 3 rings (SSSR count). The molecule has 27 heavy (non-hydrogen) atoms. The highest BCUT2D eigenvalue weighted by atomic mass is 16.2. The minimum Gasteiger partial charge on any atom is -0.343 e. The van der Waals surface area contributed by atoms with Crippen molar-refractivity contribution in [1.29, 1.82) is 0 Å². The van der Waals surface area contributed by atoms with Crippen LogP contribution in [0.25, 0.3) is 0 Å². The van der Waals surface area contributed by atoms with Gasteiger partial charge in [-0.3, -0.25) is 14.5 Å². The maximum atomic E-state index is 13.1. The molecule has 8 heteroatoms. The highest BCUT2D eigenvalue weighted by molar-refractivity contribution is 5.90. The lowest BCUT2D eigenvalue weighted by molar-refractivity contribution is -0.136. The van der Waals surface area contributed by atoms with Crippen LogP contribution in [-0.4, -0.2) is 78.0 Å². The highest BCUT2D eigenvalue weighted by Gasteiger charge is 2.43. The van der Waals surface area contributed by atoms with Crippen LogP contribution in [0.4, 0.5) is 4.79 Å². The second-order valence-electron chi connectivity index (χ2n) is 8.44. The fraction of sp³-hybridized carbons (Fsp3) is 0.842. The van der Waals surface area contributed by atoms with Crippen LogP contribution in [0.15, 0.2) is 0 Å². The first-order valence-electron chi connectivity index (χ1n) is 10.3. The quantitative estimate of drug-likeness (QED) is 0.618. The van der Waals surface area contributed by atoms with E-state index in [9.17, 15) is 14.4 Å². The Morgan fingerprint density at radius 1 is 1.15 bits per heavy atom. The zero-order chi connectivity index (χ0) is 19.6. The number of carbonyl (C=O) groups excluding carboxylic acids is 3. The topological polar surface area (TPSA) is 93.8 Å². The van der Waals surface area contributed by atoms with Crippen molar-refractivity contribution < 1.29 is 14.4 Å². The van der Waals surface area contributed by atoms with E-state index in [0.717, 1.165) is 38.8 Å². The number of nitrogens with one attached hydrogen (secondary N) is 3. The van der Waals surface area contributed by atoms with Crippen LogP contribution in [-0.2, 0) is 9.59 Å². The van der Waals surface area contributed by atoms with Gasteiger partial charge in [-0.2, -0.15) is 0 Å². The zero-order valence-electron chi connectivity index (χ0n) is 16.7. The summed E-state index contributed by atoms with van der Waals surface area (Å²) in [5.74, 6) is 0.0822. The fourth-order valence-corrected chi connectivity index (χ4v) is 4.10. The Kier molecular flexibility index (Phi) is 6.24. The van der Waals surface area contributed by atoms with E-state index in [1.165, 1.54) is 0 Å². The number of carbonyl (C=O) groups is 3. The molecule has 3 atom stereocenters. The predicted octanol–water partition coefficient (Wildman–Crippen LogP) is 0.284. The van der Waals surface area contributed by atoms with Crippen LogP contribution in [0.1, 0.15) is 46.5 Å². The van der Waals surface area contributed by atoms with E-state index in [4.69, 9.17) is 0 Å². The van der Waals surface area contributed by atoms with E-state index >= 15 is 0 Å². The molecule has 2 saturated heterocycles. The van der Waals surface area contributed by atoms with E-state index in [-0.39, 0.29) is 41.9 Å². The van der Waals surface area contributed by atoms with Crippen molar-refractivity contribution in [3.63, 3.8) is 0 Å². The van der Waals surface area contributed by atoms with E-state index in [2.05, 4.69) is 27.8 Å². The zero-order valence-corrected chi connectivity index (χ0v) is 16.7. The molecule has 3 aliphatic rings. The molecule has 3 N–H and O–H groups in total. The van der Waals surface area contributed by atoms with Crippen molar-refractivity contribution in [2.75, 3.05) is 26.2 Å². The van der Waals surface area contributed by atoms with Crippen molar-refractivity contribution in [1.82, 2.24) is 25.8 Å². The fourth-order valence-electron chi connectivity index (χ4n) is 4.10. The molecule has 3 fully saturated rings. The summed E-state index contributed by atoms with van der Waals surface area (Å²) in [4.78, 5) is 41.5. The highest BCUT2D eigenvalue weighted by Crippen LogP contribution is 2.29. The molecule has 0 radical (unpaired) electrons. The molecule has 152 valence electrons. The summed E-state index contributed by atoms with van der Waals surface area (Å²) in [6, 6.07) is -0.585. The maximum absolute atomic E-state index is 13.1. The molecule has 2 heterocycles. The van der Waals surface area contributed by atoms with Crippen LogP contribution in [0.2, 0.25) is 0 Å². The van der Waals surface area contributed by atoms with Crippen LogP contribution in [0, 0.1) is 5.92 Å². The lowest BCUT2D eigenvalue weighted by Crippen LogP contribution is -2.52. The number of amides is 4. The lowest BCUT2D eigenvalue weighted by atomic mass is 10.1. The van der Waals surface area contributed by atoms with Gasteiger partial charge in [0.1, 0.15) is 6.04 Å². The van der Waals surface area contributed by atoms with E-state index in [1.54, 1.807) is 0 Å². The molecule has 2 aliphatic heterocycles. The maximum Gasteiger partial charge on any atom is 0.315 e. The van der Waals surface area contributed by atoms with Crippen molar-refractivity contribution in [3.8, 4) is 0 Å². The van der Waals surface area contributed by atoms with Gasteiger partial charge in [-0.15, -0.1) is 0 Å². The van der Waals surface area contributed by atoms with Crippen molar-refractivity contribution in [2.45, 2.75) is 70.6 Å². The Labute approximate surface area is 161 Å². The van der Waals surface area contributed by atoms with Crippen molar-refractivity contribution >= 4 is 17.8 Å². The van der Waals surface area contributed by atoms with Crippen LogP contribution in [0.5, 0.6) is 0 Å². The monoisotopic (exact) mass is 379 g/mol. The number of rotatable bonds is 6. The number of nitrogens with zero attached hydrogens (tertiary/aromatic N) is 2. The minimum absolute atomic E-state index is 0.00781. The smallest absolute Gasteiger partial charge is 0.315 e. The first-order valence-corrected chi connectivity index (χ1v) is 10.3. The van der Waals surface area contributed by atoms with Gasteiger partial charge in [0.2, 0.25) is 11.8 Å². The summed E-state index contributed by atoms with van der Waals surface area (Å²) in [5.41, 5.74) is 0. The first kappa shape index (κ1) is 19.9. The van der Waals surface area contributed by atoms with Crippen molar-refractivity contribution in [3.05, 3.63) is 0 Å². The van der Waals surface area contributed by atoms with Gasteiger partial charge >= 0.3 is 6.03 Å². The largest absolute Gasteiger partial charge is 0.343 e. The van der Waals surface area contributed by atoms with Gasteiger partial charge in [0, 0.05) is 37.6 Å². The summed E-state index contributed by atoms with van der Waals surface area (Å²) < 4.78 is 0. The number of hydrogen-bond donors (Lipinski definition) is 3. The summed E-state index contributed by atoms with van der Waals surface area (Å²) in [6.45, 7) is 8.73. The van der Waals surface area contributed by atoms with Gasteiger partial charge in [0.25, 0.3) is 0 Å². The molecule has 1 saturated carbocycles. The molecule has 0 aromatic carbocycles. The van der Waals surface area contributed by atoms with Gasteiger partial charge in [0.05, 0.1) is 6.04 Å². The molecule has 8 nitrogen and oxygen atoms in total. The SMILES string of the molecule is CCCN1C[C@@H]2C[C@H](NC(=O)NC(C)C)CN2C(=O)[C@@H](NC(=O)C2CC2)C1. The van der Waals surface area contributed by atoms with Crippen LogP contribution < -0.4 is 16.0 Å². The van der Waals surface area contributed by atoms with Gasteiger partial charge in [-0.25, -0.2) is 4.79 Å². The summed E-state index contributed by atoms with van der Waals surface area (Å²) in [6.07, 6.45) is 3.60. The Hall–Kier alpha value is -1.83. The van der Waals surface area contributed by atoms with Gasteiger partial charge < -0.3 is 20.9 Å². The van der Waals surface area contributed by atoms with Gasteiger partial charge in [0.15, 0.2) is 0 Å². The standard InChI is InChI=1S/C19H33N5O3/c1-4-7-23-10-15-8-14(21-19(27)20-12(2)3)9-24(15)18(26)16(11-23)22-17(25)13-5-6-13/h12-16H,4-11H2,1-3H3,(H,22,25)(H2,20,21,27)/t14-,15-,16-/m0/s1. The second-order valence-corrected chi connectivity index (χ2v) is 8.44. The number of fused-ring (bicyclic) bond motifs is 1. The van der Waals surface area contributed by atoms with E-state index in [1.807, 2.05) is 18.7 Å². The molecule has 0 aromatic rings. The third kappa shape index (κ3) is 5.12. The predicted molar refractivity (Wildman–Crippen MR) is 102 cm³/mol. The van der Waals surface area contributed by atoms with Gasteiger partial charge in [-0.05, 0) is 46.1 Å². The van der Waals surface area contributed by atoms with Crippen LogP contribution >= 0.6 is 0 Å². The third-order valence-corrected chi connectivity index (χ3v) is 5.46. The Morgan fingerprint density at radius 3 is 2.52 bits per heavy atom. The van der Waals surface area contributed by atoms with E-state index < -0.39 is 6.04 Å². The summed E-state index contributed by atoms with van der Waals surface area (Å²) in [7, 11) is 0. The summed E-state index contributed by atoms with van der Waals surface area (Å²) >= 11 is 0. The first-order chi connectivity index (χ1) is 12.9. The minimum atomic E-state index is -0.488. The van der Waals surface area contributed by atoms with Crippen LogP contribution in [0.3, 0.4) is 0 Å². The molecule has 0 aromatic heterocycles. The molecule has 0 bridgehead atoms. The van der Waals surface area contributed by atoms with Crippen molar-refractivity contribution in [2.24, 2.45) is 5.92 Å². The van der Waals surface area contributed by atoms with E-state index in [0.29, 0.717) is 13.1 Å². The molecule has 1 aliphatic carbocycles. The third-order valence-electron chi connectivity index (χ3n) is 5.46. The lowest BCUT2D eigenvalue weighted by Gasteiger charge is -2.24. The van der Waals surface area contributed by atoms with Gasteiger partial charge in [-0.1, -0.05) is 6.92 Å².